The number of piperazine rings is 1. The smallest absolute Gasteiger partial charge is 0.264 e. The summed E-state index contributed by atoms with van der Waals surface area (Å²) in [6.45, 7) is 6.38. The fraction of sp³-hybridized carbons (Fsp3) is 0.321. The number of hydrogen-bond donors (Lipinski definition) is 0. The van der Waals surface area contributed by atoms with Crippen molar-refractivity contribution < 1.29 is 17.9 Å². The van der Waals surface area contributed by atoms with Gasteiger partial charge in [-0.15, -0.1) is 11.8 Å². The van der Waals surface area contributed by atoms with Crippen molar-refractivity contribution in [1.82, 2.24) is 4.90 Å². The summed E-state index contributed by atoms with van der Waals surface area (Å²) in [6.07, 6.45) is 1.93. The first-order chi connectivity index (χ1) is 18.2. The molecule has 0 aliphatic carbocycles. The first-order valence-corrected chi connectivity index (χ1v) is 15.5. The Balaban J connectivity index is 1.55. The number of aryl methyl sites for hydroxylation is 1. The molecule has 4 rings (SSSR count). The van der Waals surface area contributed by atoms with E-state index in [9.17, 15) is 13.2 Å². The Morgan fingerprint density at radius 1 is 1.00 bits per heavy atom. The molecule has 1 fully saturated rings. The van der Waals surface area contributed by atoms with Crippen LogP contribution in [0.15, 0.2) is 76.5 Å². The standard InChI is InChI=1S/C28H32ClN3O4S2/c1-4-36-24-9-7-23(8-10-24)32(38(34,35)26-13-11-25(37-3)12-14-26)20-28(33)31-17-15-30(16-18-31)27-19-22(29)6-5-21(27)2/h5-14,19H,4,15-18,20H2,1-3H3. The zero-order valence-electron chi connectivity index (χ0n) is 21.8. The normalized spacial score (nSPS) is 13.9. The highest BCUT2D eigenvalue weighted by atomic mass is 35.5. The maximum Gasteiger partial charge on any atom is 0.264 e. The highest BCUT2D eigenvalue weighted by Gasteiger charge is 2.30. The van der Waals surface area contributed by atoms with Crippen LogP contribution in [0, 0.1) is 6.92 Å². The minimum Gasteiger partial charge on any atom is -0.494 e. The highest BCUT2D eigenvalue weighted by Crippen LogP contribution is 2.28. The van der Waals surface area contributed by atoms with Crippen LogP contribution in [0.3, 0.4) is 0 Å². The van der Waals surface area contributed by atoms with Gasteiger partial charge in [0.05, 0.1) is 17.2 Å². The zero-order valence-corrected chi connectivity index (χ0v) is 24.2. The van der Waals surface area contributed by atoms with Gasteiger partial charge in [0.25, 0.3) is 10.0 Å². The number of sulfonamides is 1. The molecule has 1 heterocycles. The number of benzene rings is 3. The Morgan fingerprint density at radius 3 is 2.26 bits per heavy atom. The molecule has 0 unspecified atom stereocenters. The SMILES string of the molecule is CCOc1ccc(N(CC(=O)N2CCN(c3cc(Cl)ccc3C)CC2)S(=O)(=O)c2ccc(SC)cc2)cc1. The van der Waals surface area contributed by atoms with Crippen molar-refractivity contribution in [2.75, 3.05) is 54.8 Å². The van der Waals surface area contributed by atoms with Crippen molar-refractivity contribution in [3.8, 4) is 5.75 Å². The van der Waals surface area contributed by atoms with Crippen LogP contribution in [-0.2, 0) is 14.8 Å². The van der Waals surface area contributed by atoms with E-state index in [4.69, 9.17) is 16.3 Å². The number of carbonyl (C=O) groups is 1. The van der Waals surface area contributed by atoms with E-state index in [0.717, 1.165) is 16.1 Å². The molecular formula is C28H32ClN3O4S2. The lowest BCUT2D eigenvalue weighted by molar-refractivity contribution is -0.129. The van der Waals surface area contributed by atoms with Gasteiger partial charge in [-0.2, -0.15) is 0 Å². The number of nitrogens with zero attached hydrogens (tertiary/aromatic N) is 3. The Bertz CT molecular complexity index is 1360. The molecule has 38 heavy (non-hydrogen) atoms. The molecule has 3 aromatic rings. The molecule has 0 N–H and O–H groups in total. The summed E-state index contributed by atoms with van der Waals surface area (Å²) >= 11 is 7.74. The molecule has 1 amide bonds. The summed E-state index contributed by atoms with van der Waals surface area (Å²) in [4.78, 5) is 18.5. The summed E-state index contributed by atoms with van der Waals surface area (Å²) in [5, 5.41) is 0.672. The maximum atomic E-state index is 13.8. The number of thioether (sulfide) groups is 1. The maximum absolute atomic E-state index is 13.8. The van der Waals surface area contributed by atoms with Crippen molar-refractivity contribution in [2.45, 2.75) is 23.6 Å². The Morgan fingerprint density at radius 2 is 1.66 bits per heavy atom. The van der Waals surface area contributed by atoms with Crippen LogP contribution in [0.25, 0.3) is 0 Å². The molecule has 3 aromatic carbocycles. The predicted molar refractivity (Wildman–Crippen MR) is 155 cm³/mol. The largest absolute Gasteiger partial charge is 0.494 e. The van der Waals surface area contributed by atoms with Gasteiger partial charge in [0.2, 0.25) is 5.91 Å². The van der Waals surface area contributed by atoms with Gasteiger partial charge in [-0.25, -0.2) is 8.42 Å². The quantitative estimate of drug-likeness (QED) is 0.323. The van der Waals surface area contributed by atoms with Crippen LogP contribution in [0.1, 0.15) is 12.5 Å². The molecule has 0 spiro atoms. The molecule has 0 aromatic heterocycles. The Hall–Kier alpha value is -2.88. The van der Waals surface area contributed by atoms with E-state index in [-0.39, 0.29) is 17.3 Å². The number of anilines is 2. The Kier molecular flexibility index (Phi) is 9.12. The van der Waals surface area contributed by atoms with Crippen LogP contribution in [0.2, 0.25) is 5.02 Å². The molecule has 0 radical (unpaired) electrons. The van der Waals surface area contributed by atoms with E-state index in [1.807, 2.05) is 38.3 Å². The minimum atomic E-state index is -3.99. The van der Waals surface area contributed by atoms with Crippen LogP contribution in [0.5, 0.6) is 5.75 Å². The third-order valence-electron chi connectivity index (χ3n) is 6.51. The topological polar surface area (TPSA) is 70.2 Å². The summed E-state index contributed by atoms with van der Waals surface area (Å²) in [5.74, 6) is 0.391. The fourth-order valence-electron chi connectivity index (χ4n) is 4.41. The van der Waals surface area contributed by atoms with Gasteiger partial charge in [0.1, 0.15) is 12.3 Å². The molecule has 0 atom stereocenters. The molecule has 202 valence electrons. The van der Waals surface area contributed by atoms with Crippen molar-refractivity contribution in [3.63, 3.8) is 0 Å². The van der Waals surface area contributed by atoms with Gasteiger partial charge in [-0.1, -0.05) is 17.7 Å². The second-order valence-corrected chi connectivity index (χ2v) is 12.1. The molecule has 10 heteroatoms. The van der Waals surface area contributed by atoms with E-state index in [0.29, 0.717) is 49.2 Å². The molecule has 7 nitrogen and oxygen atoms in total. The molecule has 1 aliphatic heterocycles. The minimum absolute atomic E-state index is 0.137. The van der Waals surface area contributed by atoms with Gasteiger partial charge in [-0.3, -0.25) is 9.10 Å². The number of carbonyl (C=O) groups excluding carboxylic acids is 1. The van der Waals surface area contributed by atoms with Gasteiger partial charge in [0, 0.05) is 41.8 Å². The van der Waals surface area contributed by atoms with Crippen molar-refractivity contribution in [1.29, 1.82) is 0 Å². The van der Waals surface area contributed by atoms with Crippen molar-refractivity contribution in [2.24, 2.45) is 0 Å². The summed E-state index contributed by atoms with van der Waals surface area (Å²) in [7, 11) is -3.99. The van der Waals surface area contributed by atoms with E-state index < -0.39 is 10.0 Å². The number of rotatable bonds is 9. The number of ether oxygens (including phenoxy) is 1. The van der Waals surface area contributed by atoms with Crippen molar-refractivity contribution >= 4 is 50.7 Å². The van der Waals surface area contributed by atoms with Crippen LogP contribution < -0.4 is 13.9 Å². The van der Waals surface area contributed by atoms with E-state index in [1.165, 1.54) is 16.1 Å². The Labute approximate surface area is 234 Å². The average molecular weight is 574 g/mol. The highest BCUT2D eigenvalue weighted by molar-refractivity contribution is 7.98. The predicted octanol–water partition coefficient (Wildman–Crippen LogP) is 5.31. The summed E-state index contributed by atoms with van der Waals surface area (Å²) in [6, 6.07) is 19.3. The van der Waals surface area contributed by atoms with Crippen molar-refractivity contribution in [3.05, 3.63) is 77.3 Å². The van der Waals surface area contributed by atoms with E-state index in [1.54, 1.807) is 53.4 Å². The van der Waals surface area contributed by atoms with Crippen LogP contribution in [0.4, 0.5) is 11.4 Å². The lowest BCUT2D eigenvalue weighted by Crippen LogP contribution is -2.52. The second kappa shape index (κ2) is 12.3. The monoisotopic (exact) mass is 573 g/mol. The molecule has 1 aliphatic rings. The lowest BCUT2D eigenvalue weighted by Gasteiger charge is -2.37. The van der Waals surface area contributed by atoms with Gasteiger partial charge >= 0.3 is 0 Å². The van der Waals surface area contributed by atoms with Crippen LogP contribution >= 0.6 is 23.4 Å². The second-order valence-electron chi connectivity index (χ2n) is 8.91. The lowest BCUT2D eigenvalue weighted by atomic mass is 10.1. The number of halogens is 1. The molecular weight excluding hydrogens is 542 g/mol. The first-order valence-electron chi connectivity index (χ1n) is 12.4. The first kappa shape index (κ1) is 28.1. The van der Waals surface area contributed by atoms with Gasteiger partial charge in [0.15, 0.2) is 0 Å². The average Bonchev–Trinajstić information content (AvgIpc) is 2.93. The number of hydrogen-bond acceptors (Lipinski definition) is 6. The third kappa shape index (κ3) is 6.39. The van der Waals surface area contributed by atoms with E-state index in [2.05, 4.69) is 4.90 Å². The molecule has 0 bridgehead atoms. The number of amides is 1. The molecule has 1 saturated heterocycles. The summed E-state index contributed by atoms with van der Waals surface area (Å²) < 4.78 is 34.2. The fourth-order valence-corrected chi connectivity index (χ4v) is 6.40. The third-order valence-corrected chi connectivity index (χ3v) is 9.27. The van der Waals surface area contributed by atoms with Gasteiger partial charge in [-0.05, 0) is 86.3 Å². The van der Waals surface area contributed by atoms with E-state index >= 15 is 0 Å². The summed E-state index contributed by atoms with van der Waals surface area (Å²) in [5.41, 5.74) is 2.58. The van der Waals surface area contributed by atoms with Crippen LogP contribution in [-0.4, -0.2) is 64.8 Å². The van der Waals surface area contributed by atoms with Gasteiger partial charge < -0.3 is 14.5 Å². The molecule has 0 saturated carbocycles. The zero-order chi connectivity index (χ0) is 27.3.